The van der Waals surface area contributed by atoms with Gasteiger partial charge in [-0.25, -0.2) is 9.07 Å². The quantitative estimate of drug-likeness (QED) is 0.635. The Kier molecular flexibility index (Phi) is 4.67. The van der Waals surface area contributed by atoms with E-state index in [0.717, 1.165) is 24.3 Å². The fourth-order valence-corrected chi connectivity index (χ4v) is 4.69. The first-order valence-electron chi connectivity index (χ1n) is 9.61. The summed E-state index contributed by atoms with van der Waals surface area (Å²) in [6.07, 6.45) is 2.02. The average Bonchev–Trinajstić information content (AvgIpc) is 3.15. The molecule has 1 aliphatic heterocycles. The van der Waals surface area contributed by atoms with Crippen LogP contribution in [0, 0.1) is 5.82 Å². The summed E-state index contributed by atoms with van der Waals surface area (Å²) in [7, 11) is 0. The molecule has 1 aromatic heterocycles. The van der Waals surface area contributed by atoms with Crippen LogP contribution in [0.1, 0.15) is 36.4 Å². The molecule has 7 heteroatoms. The summed E-state index contributed by atoms with van der Waals surface area (Å²) < 4.78 is 16.4. The zero-order valence-corrected chi connectivity index (χ0v) is 16.5. The van der Waals surface area contributed by atoms with E-state index in [4.69, 9.17) is 0 Å². The number of anilines is 1. The van der Waals surface area contributed by atoms with Crippen molar-refractivity contribution in [3.63, 3.8) is 0 Å². The number of fused-ring (bicyclic) bond motifs is 1. The van der Waals surface area contributed by atoms with E-state index in [2.05, 4.69) is 27.5 Å². The van der Waals surface area contributed by atoms with E-state index in [0.29, 0.717) is 28.7 Å². The number of ketones is 1. The molecule has 0 saturated carbocycles. The van der Waals surface area contributed by atoms with Crippen molar-refractivity contribution in [2.45, 2.75) is 36.2 Å². The summed E-state index contributed by atoms with van der Waals surface area (Å²) in [6.45, 7) is 0. The Balaban J connectivity index is 1.54. The van der Waals surface area contributed by atoms with Crippen LogP contribution in [0.2, 0.25) is 0 Å². The minimum atomic E-state index is -0.589. The number of carbonyl (C=O) groups excluding carboxylic acids is 1. The van der Waals surface area contributed by atoms with Gasteiger partial charge in [0.25, 0.3) is 0 Å². The third kappa shape index (κ3) is 3.35. The minimum absolute atomic E-state index is 0.0478. The average molecular weight is 406 g/mol. The molecule has 0 fully saturated rings. The third-order valence-corrected chi connectivity index (χ3v) is 6.17. The van der Waals surface area contributed by atoms with Crippen LogP contribution in [0.5, 0.6) is 0 Å². The highest BCUT2D eigenvalue weighted by atomic mass is 32.2. The fourth-order valence-electron chi connectivity index (χ4n) is 3.90. The minimum Gasteiger partial charge on any atom is -0.328 e. The van der Waals surface area contributed by atoms with Crippen molar-refractivity contribution in [2.75, 3.05) is 5.32 Å². The maximum Gasteiger partial charge on any atom is 0.227 e. The van der Waals surface area contributed by atoms with Crippen molar-refractivity contribution in [1.82, 2.24) is 14.8 Å². The molecule has 5 rings (SSSR count). The van der Waals surface area contributed by atoms with Gasteiger partial charge in [0.1, 0.15) is 11.9 Å². The smallest absolute Gasteiger partial charge is 0.227 e. The number of rotatable bonds is 4. The number of nitrogens with one attached hydrogen (secondary N) is 1. The Morgan fingerprint density at radius 2 is 1.90 bits per heavy atom. The number of benzene rings is 2. The standard InChI is InChI=1S/C22H19FN4OS/c23-16-10-5-4-9-15(16)20-19-17(11-6-12-18(19)28)24-21-25-22(26-27(20)21)29-13-14-7-2-1-3-8-14/h1-5,7-10,20H,6,11-13H2,(H,24,25,26). The molecule has 1 unspecified atom stereocenters. The van der Waals surface area contributed by atoms with Gasteiger partial charge in [0.05, 0.1) is 0 Å². The van der Waals surface area contributed by atoms with Gasteiger partial charge in [-0.3, -0.25) is 4.79 Å². The summed E-state index contributed by atoms with van der Waals surface area (Å²) in [6, 6.07) is 16.1. The lowest BCUT2D eigenvalue weighted by Gasteiger charge is -2.32. The molecular weight excluding hydrogens is 387 g/mol. The molecular formula is C22H19FN4OS. The first-order valence-corrected chi connectivity index (χ1v) is 10.6. The van der Waals surface area contributed by atoms with E-state index in [-0.39, 0.29) is 11.6 Å². The van der Waals surface area contributed by atoms with Crippen LogP contribution < -0.4 is 5.32 Å². The molecule has 0 amide bonds. The van der Waals surface area contributed by atoms with Crippen molar-refractivity contribution in [2.24, 2.45) is 0 Å². The molecule has 0 spiro atoms. The Labute approximate surface area is 172 Å². The Bertz CT molecular complexity index is 1110. The lowest BCUT2D eigenvalue weighted by molar-refractivity contribution is -0.116. The van der Waals surface area contributed by atoms with Crippen LogP contribution in [0.15, 0.2) is 71.0 Å². The SMILES string of the molecule is O=C1CCCC2=C1C(c1ccccc1F)n1nc(SCc3ccccc3)nc1N2. The molecule has 146 valence electrons. The van der Waals surface area contributed by atoms with Gasteiger partial charge >= 0.3 is 0 Å². The number of hydrogen-bond acceptors (Lipinski definition) is 5. The number of halogens is 1. The van der Waals surface area contributed by atoms with Crippen molar-refractivity contribution >= 4 is 23.5 Å². The zero-order valence-electron chi connectivity index (χ0n) is 15.6. The molecule has 0 saturated heterocycles. The Morgan fingerprint density at radius 1 is 1.10 bits per heavy atom. The molecule has 29 heavy (non-hydrogen) atoms. The van der Waals surface area contributed by atoms with Gasteiger partial charge < -0.3 is 5.32 Å². The number of Topliss-reactive ketones (excluding diaryl/α,β-unsaturated/α-hetero) is 1. The molecule has 1 N–H and O–H groups in total. The molecule has 2 aromatic carbocycles. The van der Waals surface area contributed by atoms with Crippen LogP contribution in [-0.2, 0) is 10.5 Å². The van der Waals surface area contributed by atoms with Gasteiger partial charge in [0, 0.05) is 29.0 Å². The Morgan fingerprint density at radius 3 is 2.72 bits per heavy atom. The van der Waals surface area contributed by atoms with E-state index in [9.17, 15) is 9.18 Å². The first kappa shape index (κ1) is 18.1. The molecule has 1 aliphatic carbocycles. The molecule has 0 bridgehead atoms. The second kappa shape index (κ2) is 7.48. The van der Waals surface area contributed by atoms with E-state index < -0.39 is 6.04 Å². The first-order chi connectivity index (χ1) is 14.2. The monoisotopic (exact) mass is 406 g/mol. The highest BCUT2D eigenvalue weighted by Gasteiger charge is 2.37. The van der Waals surface area contributed by atoms with E-state index in [1.807, 2.05) is 18.2 Å². The van der Waals surface area contributed by atoms with Gasteiger partial charge in [-0.15, -0.1) is 5.10 Å². The molecule has 2 heterocycles. The second-order valence-corrected chi connectivity index (χ2v) is 8.10. The number of hydrogen-bond donors (Lipinski definition) is 1. The zero-order chi connectivity index (χ0) is 19.8. The summed E-state index contributed by atoms with van der Waals surface area (Å²) in [5.74, 6) is 0.999. The van der Waals surface area contributed by atoms with Gasteiger partial charge in [-0.05, 0) is 24.5 Å². The third-order valence-electron chi connectivity index (χ3n) is 5.26. The van der Waals surface area contributed by atoms with E-state index in [1.54, 1.807) is 22.9 Å². The van der Waals surface area contributed by atoms with Crippen molar-refractivity contribution < 1.29 is 9.18 Å². The van der Waals surface area contributed by atoms with Crippen LogP contribution in [0.4, 0.5) is 10.3 Å². The summed E-state index contributed by atoms with van der Waals surface area (Å²) in [5.41, 5.74) is 3.08. The summed E-state index contributed by atoms with van der Waals surface area (Å²) >= 11 is 1.52. The van der Waals surface area contributed by atoms with Gasteiger partial charge in [-0.1, -0.05) is 60.3 Å². The van der Waals surface area contributed by atoms with Gasteiger partial charge in [0.2, 0.25) is 11.1 Å². The largest absolute Gasteiger partial charge is 0.328 e. The fraction of sp³-hybridized carbons (Fsp3) is 0.227. The number of thioether (sulfide) groups is 1. The van der Waals surface area contributed by atoms with E-state index >= 15 is 0 Å². The second-order valence-electron chi connectivity index (χ2n) is 7.15. The molecule has 5 nitrogen and oxygen atoms in total. The summed E-state index contributed by atoms with van der Waals surface area (Å²) in [4.78, 5) is 17.4. The highest BCUT2D eigenvalue weighted by molar-refractivity contribution is 7.98. The molecule has 3 aromatic rings. The number of nitrogens with zero attached hydrogens (tertiary/aromatic N) is 3. The van der Waals surface area contributed by atoms with Gasteiger partial charge in [-0.2, -0.15) is 4.98 Å². The number of carbonyl (C=O) groups is 1. The van der Waals surface area contributed by atoms with Crippen LogP contribution >= 0.6 is 11.8 Å². The molecule has 2 aliphatic rings. The predicted octanol–water partition coefficient (Wildman–Crippen LogP) is 4.73. The van der Waals surface area contributed by atoms with Crippen molar-refractivity contribution in [3.05, 3.63) is 82.8 Å². The van der Waals surface area contributed by atoms with Crippen LogP contribution in [0.3, 0.4) is 0 Å². The summed E-state index contributed by atoms with van der Waals surface area (Å²) in [5, 5.41) is 8.52. The number of aromatic nitrogens is 3. The lowest BCUT2D eigenvalue weighted by atomic mass is 9.85. The van der Waals surface area contributed by atoms with E-state index in [1.165, 1.54) is 23.4 Å². The normalized spacial score (nSPS) is 18.2. The van der Waals surface area contributed by atoms with Crippen LogP contribution in [-0.4, -0.2) is 20.5 Å². The molecule has 1 atom stereocenters. The topological polar surface area (TPSA) is 59.8 Å². The van der Waals surface area contributed by atoms with Crippen molar-refractivity contribution in [3.8, 4) is 0 Å². The van der Waals surface area contributed by atoms with Crippen molar-refractivity contribution in [1.29, 1.82) is 0 Å². The highest BCUT2D eigenvalue weighted by Crippen LogP contribution is 2.41. The predicted molar refractivity (Wildman–Crippen MR) is 110 cm³/mol. The van der Waals surface area contributed by atoms with Crippen LogP contribution in [0.25, 0.3) is 0 Å². The van der Waals surface area contributed by atoms with Gasteiger partial charge in [0.15, 0.2) is 5.78 Å². The number of allylic oxidation sites excluding steroid dienone is 2. The lowest BCUT2D eigenvalue weighted by Crippen LogP contribution is -2.32. The maximum absolute atomic E-state index is 14.7. The molecule has 0 radical (unpaired) electrons. The maximum atomic E-state index is 14.7. The Hall–Kier alpha value is -2.93.